The highest BCUT2D eigenvalue weighted by atomic mass is 32.2. The lowest BCUT2D eigenvalue weighted by molar-refractivity contribution is 0.000826. The van der Waals surface area contributed by atoms with E-state index in [1.54, 1.807) is 48.5 Å². The van der Waals surface area contributed by atoms with Crippen LogP contribution in [0.3, 0.4) is 0 Å². The van der Waals surface area contributed by atoms with Gasteiger partial charge in [-0.3, -0.25) is 22.9 Å². The van der Waals surface area contributed by atoms with E-state index in [4.69, 9.17) is 23.6 Å². The van der Waals surface area contributed by atoms with E-state index >= 15 is 4.39 Å². The molecule has 1 amide bonds. The van der Waals surface area contributed by atoms with Crippen LogP contribution in [0.1, 0.15) is 72.0 Å². The molecule has 1 N–H and O–H groups in total. The van der Waals surface area contributed by atoms with E-state index in [0.29, 0.717) is 5.56 Å². The number of unbranched alkanes of at least 4 members (excludes halogenated alkanes) is 1. The van der Waals surface area contributed by atoms with Crippen molar-refractivity contribution in [3.63, 3.8) is 0 Å². The first-order valence-corrected chi connectivity index (χ1v) is 18.5. The fourth-order valence-corrected chi connectivity index (χ4v) is 7.83. The van der Waals surface area contributed by atoms with Gasteiger partial charge in [-0.1, -0.05) is 69.5 Å². The number of benzene rings is 2. The number of hydrogen-bond donors (Lipinski definition) is 1. The summed E-state index contributed by atoms with van der Waals surface area (Å²) >= 11 is 0.931. The largest absolute Gasteiger partial charge is 0.474 e. The highest BCUT2D eigenvalue weighted by molar-refractivity contribution is 8.00. The van der Waals surface area contributed by atoms with Crippen LogP contribution in [0.5, 0.6) is 0 Å². The second-order valence-electron chi connectivity index (χ2n) is 11.3. The van der Waals surface area contributed by atoms with Gasteiger partial charge in [-0.15, -0.1) is 11.8 Å². The fourth-order valence-electron chi connectivity index (χ4n) is 4.99. The maximum atomic E-state index is 16.3. The number of nitrogens with one attached hydrogen (secondary N) is 1. The summed E-state index contributed by atoms with van der Waals surface area (Å²) < 4.78 is 53.5. The second-order valence-corrected chi connectivity index (χ2v) is 14.3. The molecule has 2 unspecified atom stereocenters. The summed E-state index contributed by atoms with van der Waals surface area (Å²) in [6, 6.07) is 19.6. The lowest BCUT2D eigenvalue weighted by Gasteiger charge is -2.24. The standard InChI is InChI=1S/C34H40FN4O8PS/c1-3-5-13-24(4-2)22-45-48(43,44-21-12-19-36)46-23-27-30(47-33(41)26-16-10-7-11-17-26)29(35)32(49-27)39-20-18-28(38-34(39)42)37-31(40)25-14-8-6-9-15-25/h6-11,14-18,20,24,27,29-30,32H,3-5,12-13,21-23H2,1-2H3,(H,37,38,40,42)/t24?,27-,29+,30-,32-,48?/m1/s1. The minimum Gasteiger partial charge on any atom is -0.454 e. The highest BCUT2D eigenvalue weighted by Crippen LogP contribution is 2.53. The number of halogens is 1. The molecule has 262 valence electrons. The zero-order valence-corrected chi connectivity index (χ0v) is 29.0. The molecule has 0 bridgehead atoms. The van der Waals surface area contributed by atoms with Crippen molar-refractivity contribution < 1.29 is 36.9 Å². The smallest absolute Gasteiger partial charge is 0.454 e. The maximum absolute atomic E-state index is 16.3. The number of esters is 1. The Bertz CT molecular complexity index is 1680. The molecule has 1 aliphatic rings. The third-order valence-electron chi connectivity index (χ3n) is 7.77. The summed E-state index contributed by atoms with van der Waals surface area (Å²) in [6.45, 7) is 3.51. The number of thioether (sulfide) groups is 1. The van der Waals surface area contributed by atoms with Crippen molar-refractivity contribution in [2.24, 2.45) is 5.92 Å². The first kappa shape index (κ1) is 38.0. The number of carbonyl (C=O) groups excluding carboxylic acids is 2. The van der Waals surface area contributed by atoms with Crippen LogP contribution in [0.15, 0.2) is 77.7 Å². The van der Waals surface area contributed by atoms with Gasteiger partial charge in [0.05, 0.1) is 43.1 Å². The van der Waals surface area contributed by atoms with Crippen LogP contribution in [-0.4, -0.2) is 58.8 Å². The highest BCUT2D eigenvalue weighted by Gasteiger charge is 2.49. The third-order valence-corrected chi connectivity index (χ3v) is 10.7. The molecule has 1 aromatic heterocycles. The van der Waals surface area contributed by atoms with Crippen LogP contribution in [0.2, 0.25) is 0 Å². The Morgan fingerprint density at radius 2 is 1.76 bits per heavy atom. The van der Waals surface area contributed by atoms with Crippen molar-refractivity contribution in [1.29, 1.82) is 5.26 Å². The van der Waals surface area contributed by atoms with Gasteiger partial charge < -0.3 is 10.1 Å². The molecule has 0 radical (unpaired) electrons. The van der Waals surface area contributed by atoms with Crippen molar-refractivity contribution in [3.8, 4) is 6.07 Å². The lowest BCUT2D eigenvalue weighted by Crippen LogP contribution is -2.37. The molecule has 12 nitrogen and oxygen atoms in total. The number of ether oxygens (including phenoxy) is 1. The zero-order chi connectivity index (χ0) is 35.2. The molecule has 1 fully saturated rings. The molecular formula is C34H40FN4O8PS. The number of anilines is 1. The van der Waals surface area contributed by atoms with Crippen molar-refractivity contribution in [2.45, 2.75) is 68.9 Å². The number of rotatable bonds is 18. The minimum absolute atomic E-state index is 0.0302. The Morgan fingerprint density at radius 1 is 1.06 bits per heavy atom. The van der Waals surface area contributed by atoms with Gasteiger partial charge in [-0.2, -0.15) is 10.2 Å². The van der Waals surface area contributed by atoms with Crippen molar-refractivity contribution in [2.75, 3.05) is 25.1 Å². The Hall–Kier alpha value is -3.86. The molecule has 2 aromatic carbocycles. The van der Waals surface area contributed by atoms with Crippen molar-refractivity contribution in [3.05, 3.63) is 94.5 Å². The molecule has 3 aromatic rings. The zero-order valence-electron chi connectivity index (χ0n) is 27.3. The number of aromatic nitrogens is 2. The van der Waals surface area contributed by atoms with Crippen LogP contribution in [0, 0.1) is 17.2 Å². The van der Waals surface area contributed by atoms with Gasteiger partial charge in [0.15, 0.2) is 12.3 Å². The molecule has 4 rings (SSSR count). The van der Waals surface area contributed by atoms with Crippen molar-refractivity contribution in [1.82, 2.24) is 9.55 Å². The number of nitrogens with zero attached hydrogens (tertiary/aromatic N) is 3. The van der Waals surface area contributed by atoms with Crippen LogP contribution >= 0.6 is 19.6 Å². The lowest BCUT2D eigenvalue weighted by atomic mass is 10.0. The van der Waals surface area contributed by atoms with E-state index in [2.05, 4.69) is 17.2 Å². The van der Waals surface area contributed by atoms with Gasteiger partial charge in [-0.05, 0) is 42.7 Å². The average molecular weight is 715 g/mol. The predicted octanol–water partition coefficient (Wildman–Crippen LogP) is 6.96. The van der Waals surface area contributed by atoms with Gasteiger partial charge in [0.1, 0.15) is 11.2 Å². The van der Waals surface area contributed by atoms with E-state index in [9.17, 15) is 18.9 Å². The Labute approximate surface area is 288 Å². The van der Waals surface area contributed by atoms with Crippen LogP contribution in [-0.2, 0) is 22.9 Å². The van der Waals surface area contributed by atoms with E-state index in [1.807, 2.05) is 13.0 Å². The second kappa shape index (κ2) is 18.8. The average Bonchev–Trinajstić information content (AvgIpc) is 3.42. The number of phosphoric acid groups is 1. The van der Waals surface area contributed by atoms with E-state index in [0.717, 1.165) is 42.0 Å². The number of carbonyl (C=O) groups is 2. The maximum Gasteiger partial charge on any atom is 0.474 e. The summed E-state index contributed by atoms with van der Waals surface area (Å²) in [5, 5.41) is 9.35. The fraction of sp³-hybridized carbons (Fsp3) is 0.441. The summed E-state index contributed by atoms with van der Waals surface area (Å²) in [4.78, 5) is 42.7. The molecular weight excluding hydrogens is 674 g/mol. The summed E-state index contributed by atoms with van der Waals surface area (Å²) in [6.07, 6.45) is 1.44. The van der Waals surface area contributed by atoms with Gasteiger partial charge in [0.2, 0.25) is 0 Å². The molecule has 0 saturated carbocycles. The Balaban J connectivity index is 1.54. The van der Waals surface area contributed by atoms with Gasteiger partial charge in [-0.25, -0.2) is 18.5 Å². The van der Waals surface area contributed by atoms with Crippen LogP contribution in [0.4, 0.5) is 10.2 Å². The third kappa shape index (κ3) is 10.8. The normalized spacial score (nSPS) is 20.5. The Kier molecular flexibility index (Phi) is 14.5. The number of alkyl halides is 1. The topological polar surface area (TPSA) is 159 Å². The predicted molar refractivity (Wildman–Crippen MR) is 183 cm³/mol. The monoisotopic (exact) mass is 714 g/mol. The SMILES string of the molecule is CCCCC(CC)COP(=O)(OCCC#N)OC[C@H]1S[C@@H](n2ccc(NC(=O)c3ccccc3)nc2=O)[C@@H](F)[C@@H]1OC(=O)c1ccccc1. The molecule has 1 saturated heterocycles. The number of hydrogen-bond acceptors (Lipinski definition) is 11. The molecule has 6 atom stereocenters. The molecule has 49 heavy (non-hydrogen) atoms. The first-order valence-electron chi connectivity index (χ1n) is 16.1. The van der Waals surface area contributed by atoms with Gasteiger partial charge in [0, 0.05) is 11.8 Å². The van der Waals surface area contributed by atoms with Crippen LogP contribution in [0.25, 0.3) is 0 Å². The first-order chi connectivity index (χ1) is 23.7. The molecule has 0 spiro atoms. The molecule has 15 heteroatoms. The minimum atomic E-state index is -4.23. The number of phosphoric ester groups is 1. The molecule has 2 heterocycles. The van der Waals surface area contributed by atoms with Crippen LogP contribution < -0.4 is 11.0 Å². The summed E-state index contributed by atoms with van der Waals surface area (Å²) in [7, 11) is -4.23. The quantitative estimate of drug-likeness (QED) is 0.0825. The Morgan fingerprint density at radius 3 is 2.39 bits per heavy atom. The van der Waals surface area contributed by atoms with Gasteiger partial charge in [0.25, 0.3) is 5.91 Å². The van der Waals surface area contributed by atoms with E-state index in [1.165, 1.54) is 24.4 Å². The summed E-state index contributed by atoms with van der Waals surface area (Å²) in [5.74, 6) is -1.21. The number of nitriles is 1. The molecule has 0 aliphatic carbocycles. The molecule has 1 aliphatic heterocycles. The summed E-state index contributed by atoms with van der Waals surface area (Å²) in [5.41, 5.74) is -0.308. The number of amides is 1. The van der Waals surface area contributed by atoms with Crippen molar-refractivity contribution >= 4 is 37.3 Å². The van der Waals surface area contributed by atoms with Gasteiger partial charge >= 0.3 is 19.5 Å². The van der Waals surface area contributed by atoms with E-state index < -0.39 is 54.9 Å². The van der Waals surface area contributed by atoms with E-state index in [-0.39, 0.29) is 36.9 Å².